The molecule has 1 aliphatic rings. The Morgan fingerprint density at radius 1 is 1.17 bits per heavy atom. The van der Waals surface area contributed by atoms with Crippen LogP contribution >= 0.6 is 7.82 Å². The van der Waals surface area contributed by atoms with Crippen LogP contribution in [0.3, 0.4) is 0 Å². The molecule has 0 bridgehead atoms. The molecule has 1 unspecified atom stereocenters. The quantitative estimate of drug-likeness (QED) is 0.0980. The van der Waals surface area contributed by atoms with E-state index in [0.29, 0.717) is 12.0 Å². The number of aromatic nitrogens is 2. The molecule has 1 saturated heterocycles. The molecule has 2 rings (SSSR count). The summed E-state index contributed by atoms with van der Waals surface area (Å²) in [7, 11) is -4.31. The molecule has 0 saturated carbocycles. The van der Waals surface area contributed by atoms with Crippen LogP contribution in [0.1, 0.15) is 89.3 Å². The molecule has 198 valence electrons. The minimum atomic E-state index is -4.31. The molecule has 0 amide bonds. The summed E-state index contributed by atoms with van der Waals surface area (Å²) in [5.41, 5.74) is 7.99. The van der Waals surface area contributed by atoms with Crippen molar-refractivity contribution in [2.24, 2.45) is 5.11 Å². The normalized spacial score (nSPS) is 21.5. The molecule has 1 fully saturated rings. The fraction of sp³-hybridized carbons (Fsp3) is 0.818. The number of phosphoric ester groups is 1. The van der Waals surface area contributed by atoms with Gasteiger partial charge in [-0.3, -0.25) is 23.4 Å². The van der Waals surface area contributed by atoms with Gasteiger partial charge in [0.1, 0.15) is 6.23 Å². The molecule has 0 radical (unpaired) electrons. The third-order valence-corrected chi connectivity index (χ3v) is 7.00. The van der Waals surface area contributed by atoms with Gasteiger partial charge < -0.3 is 9.63 Å². The number of hydrogen-bond acceptors (Lipinski definition) is 7. The molecule has 1 aliphatic heterocycles. The highest BCUT2D eigenvalue weighted by molar-refractivity contribution is 7.47. The summed E-state index contributed by atoms with van der Waals surface area (Å²) in [5, 5.41) is 3.66. The fourth-order valence-electron chi connectivity index (χ4n) is 4.00. The predicted molar refractivity (Wildman–Crippen MR) is 131 cm³/mol. The number of unbranched alkanes of at least 4 members (excludes halogenated alkanes) is 9. The van der Waals surface area contributed by atoms with Gasteiger partial charge in [-0.05, 0) is 18.9 Å². The number of rotatable bonds is 17. The molecule has 12 nitrogen and oxygen atoms in total. The Hall–Kier alpha value is -1.94. The minimum Gasteiger partial charge on any atom is -0.352 e. The van der Waals surface area contributed by atoms with E-state index in [4.69, 9.17) is 19.3 Å². The third kappa shape index (κ3) is 10.3. The molecule has 4 atom stereocenters. The average molecular weight is 516 g/mol. The van der Waals surface area contributed by atoms with Crippen LogP contribution in [-0.2, 0) is 18.3 Å². The van der Waals surface area contributed by atoms with Gasteiger partial charge in [-0.2, -0.15) is 0 Å². The number of ether oxygens (including phenoxy) is 1. The summed E-state index contributed by atoms with van der Waals surface area (Å²) < 4.78 is 29.3. The third-order valence-electron chi connectivity index (χ3n) is 6.01. The lowest BCUT2D eigenvalue weighted by molar-refractivity contribution is -0.0284. The highest BCUT2D eigenvalue weighted by Crippen LogP contribution is 2.44. The van der Waals surface area contributed by atoms with Crippen molar-refractivity contribution in [2.45, 2.75) is 103 Å². The van der Waals surface area contributed by atoms with Crippen molar-refractivity contribution in [1.82, 2.24) is 9.55 Å². The van der Waals surface area contributed by atoms with Gasteiger partial charge in [0.2, 0.25) is 0 Å². The zero-order valence-corrected chi connectivity index (χ0v) is 21.5. The van der Waals surface area contributed by atoms with Crippen LogP contribution < -0.4 is 11.2 Å². The Balaban J connectivity index is 1.73. The summed E-state index contributed by atoms with van der Waals surface area (Å²) in [6, 6.07) is -0.730. The molecule has 2 N–H and O–H groups in total. The average Bonchev–Trinajstić information content (AvgIpc) is 3.21. The SMILES string of the molecule is CCCCCCCCCCCCOP(=O)(O)OC[C@H]1O[C@@H](n2cc(C)c(=O)[nH]c2=O)C[C@@H]1N=[N+]=[N-]. The van der Waals surface area contributed by atoms with Crippen molar-refractivity contribution in [3.8, 4) is 0 Å². The van der Waals surface area contributed by atoms with Crippen LogP contribution in [0.15, 0.2) is 20.9 Å². The number of nitrogens with one attached hydrogen (secondary N) is 1. The first-order valence-electron chi connectivity index (χ1n) is 12.4. The van der Waals surface area contributed by atoms with E-state index in [-0.39, 0.29) is 19.6 Å². The minimum absolute atomic E-state index is 0.101. The van der Waals surface area contributed by atoms with E-state index >= 15 is 0 Å². The summed E-state index contributed by atoms with van der Waals surface area (Å²) in [4.78, 5) is 38.7. The first kappa shape index (κ1) is 29.3. The smallest absolute Gasteiger partial charge is 0.352 e. The van der Waals surface area contributed by atoms with Crippen LogP contribution in [0.25, 0.3) is 10.4 Å². The highest BCUT2D eigenvalue weighted by Gasteiger charge is 2.38. The number of H-pyrrole nitrogens is 1. The Morgan fingerprint density at radius 3 is 2.43 bits per heavy atom. The van der Waals surface area contributed by atoms with Crippen LogP contribution in [0.2, 0.25) is 0 Å². The van der Waals surface area contributed by atoms with Crippen LogP contribution in [0.4, 0.5) is 0 Å². The van der Waals surface area contributed by atoms with Crippen LogP contribution in [-0.4, -0.2) is 39.8 Å². The first-order valence-corrected chi connectivity index (χ1v) is 13.9. The van der Waals surface area contributed by atoms with Crippen LogP contribution in [0.5, 0.6) is 0 Å². The highest BCUT2D eigenvalue weighted by atomic mass is 31.2. The number of aryl methyl sites for hydroxylation is 1. The maximum Gasteiger partial charge on any atom is 0.472 e. The molecule has 35 heavy (non-hydrogen) atoms. The van der Waals surface area contributed by atoms with E-state index in [2.05, 4.69) is 21.9 Å². The number of aromatic amines is 1. The molecule has 13 heteroatoms. The molecular formula is C22H38N5O7P. The van der Waals surface area contributed by atoms with Gasteiger partial charge in [-0.1, -0.05) is 69.8 Å². The molecule has 0 aromatic carbocycles. The van der Waals surface area contributed by atoms with Gasteiger partial charge in [0.15, 0.2) is 0 Å². The lowest BCUT2D eigenvalue weighted by Gasteiger charge is -2.18. The molecule has 1 aromatic heterocycles. The van der Waals surface area contributed by atoms with Crippen LogP contribution in [0, 0.1) is 6.92 Å². The van der Waals surface area contributed by atoms with Crippen molar-refractivity contribution >= 4 is 7.82 Å². The molecule has 2 heterocycles. The number of azide groups is 1. The van der Waals surface area contributed by atoms with E-state index in [1.165, 1.54) is 49.3 Å². The van der Waals surface area contributed by atoms with Crippen molar-refractivity contribution in [2.75, 3.05) is 13.2 Å². The van der Waals surface area contributed by atoms with Gasteiger partial charge >= 0.3 is 13.5 Å². The fourth-order valence-corrected chi connectivity index (χ4v) is 4.77. The molecule has 0 aliphatic carbocycles. The van der Waals surface area contributed by atoms with Crippen molar-refractivity contribution < 1.29 is 23.2 Å². The van der Waals surface area contributed by atoms with E-state index < -0.39 is 37.4 Å². The summed E-state index contributed by atoms with van der Waals surface area (Å²) >= 11 is 0. The largest absolute Gasteiger partial charge is 0.472 e. The Morgan fingerprint density at radius 2 is 1.80 bits per heavy atom. The Labute approximate surface area is 205 Å². The van der Waals surface area contributed by atoms with Crippen molar-refractivity contribution in [1.29, 1.82) is 0 Å². The van der Waals surface area contributed by atoms with E-state index in [0.717, 1.165) is 19.3 Å². The zero-order valence-electron chi connectivity index (χ0n) is 20.6. The summed E-state index contributed by atoms with van der Waals surface area (Å²) in [5.74, 6) is 0. The molecule has 0 spiro atoms. The van der Waals surface area contributed by atoms with Crippen molar-refractivity contribution in [3.63, 3.8) is 0 Å². The topological polar surface area (TPSA) is 169 Å². The van der Waals surface area contributed by atoms with Gasteiger partial charge in [0.25, 0.3) is 5.56 Å². The number of phosphoric acid groups is 1. The van der Waals surface area contributed by atoms with Gasteiger partial charge in [-0.15, -0.1) is 0 Å². The summed E-state index contributed by atoms with van der Waals surface area (Å²) in [6.07, 6.45) is 11.2. The lowest BCUT2D eigenvalue weighted by atomic mass is 10.1. The second-order valence-corrected chi connectivity index (χ2v) is 10.3. The molecule has 1 aromatic rings. The second kappa shape index (κ2) is 15.2. The van der Waals surface area contributed by atoms with E-state index in [1.807, 2.05) is 0 Å². The monoisotopic (exact) mass is 515 g/mol. The summed E-state index contributed by atoms with van der Waals surface area (Å²) in [6.45, 7) is 3.49. The standard InChI is InChI=1S/C22H38N5O7P/c1-3-4-5-6-7-8-9-10-11-12-13-32-35(30,31)33-16-19-18(25-26-23)14-20(34-19)27-15-17(2)21(28)24-22(27)29/h15,18-20H,3-14,16H2,1-2H3,(H,30,31)(H,24,28,29)/t18-,19+,20+/m0/s1. The predicted octanol–water partition coefficient (Wildman–Crippen LogP) is 4.87. The number of hydrogen-bond donors (Lipinski definition) is 2. The van der Waals surface area contributed by atoms with E-state index in [1.54, 1.807) is 6.92 Å². The maximum atomic E-state index is 12.2. The van der Waals surface area contributed by atoms with Crippen molar-refractivity contribution in [3.05, 3.63) is 43.0 Å². The zero-order chi connectivity index (χ0) is 25.7. The lowest BCUT2D eigenvalue weighted by Crippen LogP contribution is -2.33. The number of nitrogens with zero attached hydrogens (tertiary/aromatic N) is 4. The second-order valence-electron chi connectivity index (χ2n) is 8.90. The van der Waals surface area contributed by atoms with Gasteiger partial charge in [0.05, 0.1) is 25.4 Å². The van der Waals surface area contributed by atoms with E-state index in [9.17, 15) is 19.0 Å². The van der Waals surface area contributed by atoms with Gasteiger partial charge in [-0.25, -0.2) is 9.36 Å². The Kier molecular flexibility index (Phi) is 12.7. The maximum absolute atomic E-state index is 12.2. The van der Waals surface area contributed by atoms with Gasteiger partial charge in [0, 0.05) is 23.1 Å². The first-order chi connectivity index (χ1) is 16.8. The Bertz CT molecular complexity index is 991. The molecular weight excluding hydrogens is 477 g/mol.